The summed E-state index contributed by atoms with van der Waals surface area (Å²) >= 11 is 5.63. The average molecular weight is 576 g/mol. The van der Waals surface area contributed by atoms with Crippen LogP contribution in [0, 0.1) is 0 Å². The van der Waals surface area contributed by atoms with E-state index in [9.17, 15) is 18.0 Å². The number of carbonyl (C=O) groups excluding carboxylic acids is 1. The molecule has 0 aliphatic rings. The Hall–Kier alpha value is -2.37. The minimum atomic E-state index is -4.46. The van der Waals surface area contributed by atoms with Gasteiger partial charge in [-0.3, -0.25) is 0 Å². The monoisotopic (exact) mass is 575 g/mol. The first-order chi connectivity index (χ1) is 18.9. The second-order valence-electron chi connectivity index (χ2n) is 8.44. The smallest absolute Gasteiger partial charge is 0.416 e. The first-order valence-electron chi connectivity index (χ1n) is 13.0. The standard InChI is InChI=1S/C28H37ClF3NO6/c29-12-5-1-2-6-13-35-14-15-36-16-17-37-18-19-38-20-21-39-27(34)25-10-3-4-11-26(25)33-24-9-7-8-23(22-24)28(30,31)32/h3-4,7-11,22,33H,1-2,5-6,12-21H2. The van der Waals surface area contributed by atoms with E-state index in [0.29, 0.717) is 51.2 Å². The fraction of sp³-hybridized carbons (Fsp3) is 0.536. The van der Waals surface area contributed by atoms with E-state index < -0.39 is 17.7 Å². The number of ether oxygens (including phenoxy) is 5. The van der Waals surface area contributed by atoms with Crippen LogP contribution in [0.3, 0.4) is 0 Å². The molecular formula is C28H37ClF3NO6. The van der Waals surface area contributed by atoms with Crippen molar-refractivity contribution < 1.29 is 41.7 Å². The third-order valence-electron chi connectivity index (χ3n) is 5.37. The molecule has 0 unspecified atom stereocenters. The number of benzene rings is 2. The lowest BCUT2D eigenvalue weighted by Gasteiger charge is -2.13. The molecule has 2 aromatic carbocycles. The van der Waals surface area contributed by atoms with E-state index in [1.807, 2.05) is 0 Å². The summed E-state index contributed by atoms with van der Waals surface area (Å²) in [4.78, 5) is 12.5. The molecule has 11 heteroatoms. The maximum absolute atomic E-state index is 13.0. The van der Waals surface area contributed by atoms with Crippen LogP contribution in [0.1, 0.15) is 41.6 Å². The summed E-state index contributed by atoms with van der Waals surface area (Å²) in [5, 5.41) is 2.86. The first kappa shape index (κ1) is 32.8. The maximum Gasteiger partial charge on any atom is 0.416 e. The highest BCUT2D eigenvalue weighted by molar-refractivity contribution is 6.17. The van der Waals surface area contributed by atoms with Crippen molar-refractivity contribution in [1.29, 1.82) is 0 Å². The Bertz CT molecular complexity index is 948. The van der Waals surface area contributed by atoms with Gasteiger partial charge < -0.3 is 29.0 Å². The molecule has 0 bridgehead atoms. The molecule has 7 nitrogen and oxygen atoms in total. The highest BCUT2D eigenvalue weighted by Gasteiger charge is 2.30. The molecule has 0 aromatic heterocycles. The minimum absolute atomic E-state index is 0.0204. The summed E-state index contributed by atoms with van der Waals surface area (Å²) in [5.41, 5.74) is -0.0444. The normalized spacial score (nSPS) is 11.5. The lowest BCUT2D eigenvalue weighted by Crippen LogP contribution is -2.15. The Labute approximate surface area is 232 Å². The quantitative estimate of drug-likeness (QED) is 0.104. The number of carbonyl (C=O) groups is 1. The Morgan fingerprint density at radius 3 is 1.95 bits per heavy atom. The minimum Gasteiger partial charge on any atom is -0.460 e. The molecule has 0 amide bonds. The molecule has 2 rings (SSSR count). The Kier molecular flexibility index (Phi) is 16.5. The van der Waals surface area contributed by atoms with Crippen LogP contribution in [0.15, 0.2) is 48.5 Å². The zero-order valence-electron chi connectivity index (χ0n) is 22.0. The molecule has 0 atom stereocenters. The van der Waals surface area contributed by atoms with Crippen LogP contribution in [0.2, 0.25) is 0 Å². The summed E-state index contributed by atoms with van der Waals surface area (Å²) in [6.45, 7) is 3.62. The number of alkyl halides is 4. The zero-order chi connectivity index (χ0) is 28.2. The third-order valence-corrected chi connectivity index (χ3v) is 5.63. The van der Waals surface area contributed by atoms with Crippen molar-refractivity contribution in [3.8, 4) is 0 Å². The van der Waals surface area contributed by atoms with Crippen LogP contribution in [-0.4, -0.2) is 71.3 Å². The van der Waals surface area contributed by atoms with E-state index >= 15 is 0 Å². The van der Waals surface area contributed by atoms with E-state index in [0.717, 1.165) is 44.4 Å². The molecule has 0 radical (unpaired) electrons. The summed E-state index contributed by atoms with van der Waals surface area (Å²) < 4.78 is 66.0. The van der Waals surface area contributed by atoms with Crippen LogP contribution < -0.4 is 5.32 Å². The lowest BCUT2D eigenvalue weighted by atomic mass is 10.1. The molecule has 0 spiro atoms. The number of para-hydroxylation sites is 1. The van der Waals surface area contributed by atoms with Gasteiger partial charge in [0, 0.05) is 18.2 Å². The van der Waals surface area contributed by atoms with Crippen LogP contribution >= 0.6 is 11.6 Å². The van der Waals surface area contributed by atoms with Crippen molar-refractivity contribution >= 4 is 28.9 Å². The molecule has 0 heterocycles. The van der Waals surface area contributed by atoms with E-state index in [1.165, 1.54) is 18.2 Å². The van der Waals surface area contributed by atoms with Gasteiger partial charge in [-0.15, -0.1) is 11.6 Å². The van der Waals surface area contributed by atoms with Gasteiger partial charge in [-0.2, -0.15) is 13.2 Å². The number of unbranched alkanes of at least 4 members (excludes halogenated alkanes) is 3. The molecule has 0 saturated carbocycles. The SMILES string of the molecule is O=C(OCCOCCOCCOCCOCCCCCCCl)c1ccccc1Nc1cccc(C(F)(F)F)c1. The molecular weight excluding hydrogens is 539 g/mol. The van der Waals surface area contributed by atoms with Crippen molar-refractivity contribution in [1.82, 2.24) is 0 Å². The van der Waals surface area contributed by atoms with Crippen molar-refractivity contribution in [2.45, 2.75) is 31.9 Å². The lowest BCUT2D eigenvalue weighted by molar-refractivity contribution is -0.137. The van der Waals surface area contributed by atoms with Crippen LogP contribution in [0.5, 0.6) is 0 Å². The fourth-order valence-corrected chi connectivity index (χ4v) is 3.57. The van der Waals surface area contributed by atoms with E-state index in [4.69, 9.17) is 35.3 Å². The van der Waals surface area contributed by atoms with Crippen molar-refractivity contribution in [2.75, 3.05) is 70.7 Å². The molecule has 2 aromatic rings. The van der Waals surface area contributed by atoms with Crippen LogP contribution in [-0.2, 0) is 29.9 Å². The van der Waals surface area contributed by atoms with Crippen molar-refractivity contribution in [3.05, 3.63) is 59.7 Å². The van der Waals surface area contributed by atoms with Gasteiger partial charge >= 0.3 is 12.1 Å². The van der Waals surface area contributed by atoms with E-state index in [1.54, 1.807) is 18.2 Å². The second kappa shape index (κ2) is 19.7. The van der Waals surface area contributed by atoms with Gasteiger partial charge in [-0.25, -0.2) is 4.79 Å². The predicted molar refractivity (Wildman–Crippen MR) is 144 cm³/mol. The highest BCUT2D eigenvalue weighted by Crippen LogP contribution is 2.32. The molecule has 218 valence electrons. The molecule has 1 N–H and O–H groups in total. The summed E-state index contributed by atoms with van der Waals surface area (Å²) in [7, 11) is 0. The van der Waals surface area contributed by atoms with Gasteiger partial charge in [-0.05, 0) is 43.2 Å². The van der Waals surface area contributed by atoms with Gasteiger partial charge in [0.2, 0.25) is 0 Å². The van der Waals surface area contributed by atoms with Crippen LogP contribution in [0.4, 0.5) is 24.5 Å². The number of anilines is 2. The van der Waals surface area contributed by atoms with E-state index in [-0.39, 0.29) is 24.5 Å². The van der Waals surface area contributed by atoms with Gasteiger partial charge in [-0.1, -0.05) is 31.0 Å². The fourth-order valence-electron chi connectivity index (χ4n) is 3.38. The number of hydrogen-bond donors (Lipinski definition) is 1. The van der Waals surface area contributed by atoms with Gasteiger partial charge in [0.25, 0.3) is 0 Å². The third kappa shape index (κ3) is 14.5. The molecule has 0 fully saturated rings. The number of hydrogen-bond acceptors (Lipinski definition) is 7. The van der Waals surface area contributed by atoms with Gasteiger partial charge in [0.1, 0.15) is 6.61 Å². The molecule has 39 heavy (non-hydrogen) atoms. The van der Waals surface area contributed by atoms with Crippen molar-refractivity contribution in [2.24, 2.45) is 0 Å². The summed E-state index contributed by atoms with van der Waals surface area (Å²) in [6, 6.07) is 11.2. The maximum atomic E-state index is 13.0. The van der Waals surface area contributed by atoms with Crippen LogP contribution in [0.25, 0.3) is 0 Å². The topological polar surface area (TPSA) is 75.3 Å². The Morgan fingerprint density at radius 2 is 1.31 bits per heavy atom. The van der Waals surface area contributed by atoms with Gasteiger partial charge in [0.15, 0.2) is 0 Å². The van der Waals surface area contributed by atoms with E-state index in [2.05, 4.69) is 5.32 Å². The van der Waals surface area contributed by atoms with Gasteiger partial charge in [0.05, 0.1) is 63.1 Å². The Balaban J connectivity index is 1.52. The second-order valence-corrected chi connectivity index (χ2v) is 8.82. The average Bonchev–Trinajstić information content (AvgIpc) is 2.92. The van der Waals surface area contributed by atoms with Crippen molar-refractivity contribution in [3.63, 3.8) is 0 Å². The number of halogens is 4. The largest absolute Gasteiger partial charge is 0.460 e. The first-order valence-corrected chi connectivity index (χ1v) is 13.5. The number of esters is 1. The Morgan fingerprint density at radius 1 is 0.718 bits per heavy atom. The molecule has 0 saturated heterocycles. The molecule has 0 aliphatic carbocycles. The molecule has 0 aliphatic heterocycles. The summed E-state index contributed by atoms with van der Waals surface area (Å²) in [6.07, 6.45) is -0.115. The summed E-state index contributed by atoms with van der Waals surface area (Å²) in [5.74, 6) is 0.100. The number of rotatable bonds is 21. The zero-order valence-corrected chi connectivity index (χ0v) is 22.7. The number of nitrogens with one attached hydrogen (secondary N) is 1. The highest BCUT2D eigenvalue weighted by atomic mass is 35.5. The predicted octanol–water partition coefficient (Wildman–Crippen LogP) is 6.47.